The minimum Gasteiger partial charge on any atom is -0.495 e. The van der Waals surface area contributed by atoms with Gasteiger partial charge in [0.05, 0.1) is 41.9 Å². The summed E-state index contributed by atoms with van der Waals surface area (Å²) >= 11 is 1.56. The predicted octanol–water partition coefficient (Wildman–Crippen LogP) is 6.93. The standard InChI is InChI=1S/C51H63F2N7O7S/c1-32-45(68-31-58-32)37-15-13-34(14-16-37)27-57-48(65)41-26-39(61)30-60(41)49(66)46(50(2,3)4)59-43(62)11-6-7-22-54-44(63)24-35-9-8-10-36(23-35)28-56-47(64)40-25-38(42(67-5)29-55-40)17-12-33-18-20-51(52,53)21-19-33/h8-10,12-17,23,25,29,31,33,39,41,46,61H,6-7,11,18-22,24,26-28,30H2,1-5H3,(H,54,63)(H,56,64)(H,57,65)(H,59,62)/b17-12+/t39-,41+,46?/m1/s1. The second kappa shape index (κ2) is 23.3. The van der Waals surface area contributed by atoms with Crippen LogP contribution >= 0.6 is 11.3 Å². The summed E-state index contributed by atoms with van der Waals surface area (Å²) in [5.74, 6) is -3.90. The van der Waals surface area contributed by atoms with Crippen molar-refractivity contribution in [2.24, 2.45) is 11.3 Å². The topological polar surface area (TPSA) is 192 Å². The van der Waals surface area contributed by atoms with Crippen LogP contribution in [0.15, 0.2) is 72.4 Å². The first kappa shape index (κ1) is 51.3. The summed E-state index contributed by atoms with van der Waals surface area (Å²) in [7, 11) is 1.50. The minimum atomic E-state index is -2.61. The molecule has 1 aliphatic heterocycles. The van der Waals surface area contributed by atoms with Crippen molar-refractivity contribution >= 4 is 46.9 Å². The fourth-order valence-electron chi connectivity index (χ4n) is 8.40. The number of alkyl halides is 2. The Morgan fingerprint density at radius 1 is 0.941 bits per heavy atom. The number of hydrogen-bond acceptors (Lipinski definition) is 10. The lowest BCUT2D eigenvalue weighted by atomic mass is 9.85. The van der Waals surface area contributed by atoms with Gasteiger partial charge in [0.1, 0.15) is 23.5 Å². The number of hydrogen-bond donors (Lipinski definition) is 5. The number of likely N-dealkylation sites (tertiary alicyclic amines) is 1. The van der Waals surface area contributed by atoms with Gasteiger partial charge in [0, 0.05) is 57.4 Å². The Kier molecular flexibility index (Phi) is 17.6. The van der Waals surface area contributed by atoms with Gasteiger partial charge in [-0.2, -0.15) is 0 Å². The number of carbonyl (C=O) groups excluding carboxylic acids is 5. The molecule has 2 fully saturated rings. The fourth-order valence-corrected chi connectivity index (χ4v) is 9.21. The highest BCUT2D eigenvalue weighted by atomic mass is 32.1. The number of rotatable bonds is 19. The maximum absolute atomic E-state index is 14.0. The number of aliphatic hydroxyl groups excluding tert-OH is 1. The summed E-state index contributed by atoms with van der Waals surface area (Å²) in [6, 6.07) is 14.9. The third-order valence-corrected chi connectivity index (χ3v) is 13.3. The van der Waals surface area contributed by atoms with Crippen molar-refractivity contribution in [2.45, 2.75) is 123 Å². The molecule has 3 atom stereocenters. The number of pyridine rings is 1. The number of nitrogens with zero attached hydrogens (tertiary/aromatic N) is 3. The smallest absolute Gasteiger partial charge is 0.270 e. The van der Waals surface area contributed by atoms with Crippen molar-refractivity contribution < 1.29 is 42.6 Å². The van der Waals surface area contributed by atoms with Crippen molar-refractivity contribution in [3.05, 3.63) is 106 Å². The fraction of sp³-hybridized carbons (Fsp3) is 0.471. The molecule has 4 aromatic rings. The Morgan fingerprint density at radius 2 is 1.66 bits per heavy atom. The first-order valence-electron chi connectivity index (χ1n) is 23.2. The van der Waals surface area contributed by atoms with Crippen molar-refractivity contribution in [1.82, 2.24) is 36.1 Å². The molecule has 1 unspecified atom stereocenters. The van der Waals surface area contributed by atoms with E-state index in [1.807, 2.05) is 76.2 Å². The summed E-state index contributed by atoms with van der Waals surface area (Å²) in [5.41, 5.74) is 6.31. The molecule has 2 aromatic heterocycles. The van der Waals surface area contributed by atoms with E-state index in [0.29, 0.717) is 43.5 Å². The van der Waals surface area contributed by atoms with Crippen LogP contribution < -0.4 is 26.0 Å². The molecular formula is C51H63F2N7O7S. The van der Waals surface area contributed by atoms with E-state index >= 15 is 0 Å². The van der Waals surface area contributed by atoms with Gasteiger partial charge in [0.15, 0.2) is 0 Å². The zero-order chi connectivity index (χ0) is 49.0. The number of benzene rings is 2. The van der Waals surface area contributed by atoms with Crippen LogP contribution in [0.5, 0.6) is 5.75 Å². The number of aliphatic hydroxyl groups is 1. The van der Waals surface area contributed by atoms with Crippen LogP contribution in [0.1, 0.15) is 111 Å². The van der Waals surface area contributed by atoms with E-state index in [0.717, 1.165) is 32.8 Å². The molecule has 2 aromatic carbocycles. The predicted molar refractivity (Wildman–Crippen MR) is 257 cm³/mol. The van der Waals surface area contributed by atoms with E-state index in [-0.39, 0.29) is 81.1 Å². The highest BCUT2D eigenvalue weighted by Crippen LogP contribution is 2.37. The highest BCUT2D eigenvalue weighted by molar-refractivity contribution is 7.13. The van der Waals surface area contributed by atoms with Gasteiger partial charge in [-0.3, -0.25) is 24.0 Å². The summed E-state index contributed by atoms with van der Waals surface area (Å²) in [6.45, 7) is 8.21. The molecule has 5 N–H and O–H groups in total. The lowest BCUT2D eigenvalue weighted by Crippen LogP contribution is -2.57. The molecule has 17 heteroatoms. The largest absolute Gasteiger partial charge is 0.495 e. The molecule has 14 nitrogen and oxygen atoms in total. The number of nitrogens with one attached hydrogen (secondary N) is 4. The van der Waals surface area contributed by atoms with Gasteiger partial charge in [-0.15, -0.1) is 11.3 Å². The Labute approximate surface area is 400 Å². The van der Waals surface area contributed by atoms with Crippen LogP contribution in [0, 0.1) is 18.3 Å². The number of β-amino-alcohol motifs (C(OH)–C–C–N with tert-alkyl or cyclic N) is 1. The lowest BCUT2D eigenvalue weighted by molar-refractivity contribution is -0.144. The number of allylic oxidation sites excluding steroid dienone is 1. The van der Waals surface area contributed by atoms with Gasteiger partial charge in [-0.25, -0.2) is 18.7 Å². The number of carbonyl (C=O) groups is 5. The second-order valence-electron chi connectivity index (χ2n) is 18.8. The van der Waals surface area contributed by atoms with E-state index in [2.05, 4.69) is 31.2 Å². The van der Waals surface area contributed by atoms with Crippen LogP contribution in [0.25, 0.3) is 16.5 Å². The van der Waals surface area contributed by atoms with Gasteiger partial charge < -0.3 is 36.0 Å². The Bertz CT molecular complexity index is 2430. The molecule has 0 spiro atoms. The summed E-state index contributed by atoms with van der Waals surface area (Å²) in [6.07, 6.45) is 6.03. The second-order valence-corrected chi connectivity index (χ2v) is 19.6. The molecule has 3 heterocycles. The van der Waals surface area contributed by atoms with Crippen molar-refractivity contribution in [2.75, 3.05) is 20.2 Å². The minimum absolute atomic E-state index is 0.0162. The lowest BCUT2D eigenvalue weighted by Gasteiger charge is -2.35. The molecule has 1 saturated heterocycles. The van der Waals surface area contributed by atoms with Gasteiger partial charge in [0.2, 0.25) is 29.6 Å². The van der Waals surface area contributed by atoms with Crippen LogP contribution in [-0.2, 0) is 38.7 Å². The summed E-state index contributed by atoms with van der Waals surface area (Å²) in [4.78, 5) is 77.6. The SMILES string of the molecule is COc1cnc(C(=O)NCc2cccc(CC(=O)NCCCCC(=O)NC(C(=O)N3C[C@H](O)C[C@H]3C(=O)NCc3ccc(-c4scnc4C)cc3)C(C)(C)C)c2)cc1/C=C/C1CCC(F)(F)CC1. The zero-order valence-electron chi connectivity index (χ0n) is 39.4. The monoisotopic (exact) mass is 955 g/mol. The van der Waals surface area contributed by atoms with E-state index < -0.39 is 41.3 Å². The number of aromatic nitrogens is 2. The number of halogens is 2. The van der Waals surface area contributed by atoms with E-state index in [1.54, 1.807) is 35.1 Å². The van der Waals surface area contributed by atoms with Gasteiger partial charge in [-0.05, 0) is 72.3 Å². The molecular weight excluding hydrogens is 893 g/mol. The molecule has 1 aliphatic carbocycles. The molecule has 1 saturated carbocycles. The van der Waals surface area contributed by atoms with Crippen LogP contribution in [-0.4, -0.2) is 93.8 Å². The number of ether oxygens (including phenoxy) is 1. The average molecular weight is 956 g/mol. The van der Waals surface area contributed by atoms with Crippen molar-refractivity contribution in [3.63, 3.8) is 0 Å². The normalized spacial score (nSPS) is 17.7. The van der Waals surface area contributed by atoms with Crippen LogP contribution in [0.4, 0.5) is 8.78 Å². The number of aryl methyl sites for hydroxylation is 1. The zero-order valence-corrected chi connectivity index (χ0v) is 40.2. The summed E-state index contributed by atoms with van der Waals surface area (Å²) < 4.78 is 32.6. The van der Waals surface area contributed by atoms with Crippen molar-refractivity contribution in [3.8, 4) is 16.2 Å². The first-order valence-corrected chi connectivity index (χ1v) is 24.0. The van der Waals surface area contributed by atoms with Crippen molar-refractivity contribution in [1.29, 1.82) is 0 Å². The van der Waals surface area contributed by atoms with E-state index in [4.69, 9.17) is 4.74 Å². The molecule has 0 radical (unpaired) electrons. The number of unbranched alkanes of at least 4 members (excludes halogenated alkanes) is 1. The maximum Gasteiger partial charge on any atom is 0.270 e. The van der Waals surface area contributed by atoms with Crippen LogP contribution in [0.3, 0.4) is 0 Å². The van der Waals surface area contributed by atoms with Gasteiger partial charge >= 0.3 is 0 Å². The van der Waals surface area contributed by atoms with Crippen LogP contribution in [0.2, 0.25) is 0 Å². The van der Waals surface area contributed by atoms with Gasteiger partial charge in [0.25, 0.3) is 5.91 Å². The summed E-state index contributed by atoms with van der Waals surface area (Å²) in [5, 5.41) is 22.1. The molecule has 68 heavy (non-hydrogen) atoms. The third kappa shape index (κ3) is 14.5. The van der Waals surface area contributed by atoms with E-state index in [9.17, 15) is 37.9 Å². The third-order valence-electron chi connectivity index (χ3n) is 12.3. The number of thiazole rings is 1. The first-order chi connectivity index (χ1) is 32.4. The Morgan fingerprint density at radius 3 is 2.35 bits per heavy atom. The Hall–Kier alpha value is -6.07. The molecule has 0 bridgehead atoms. The molecule has 2 aliphatic rings. The quantitative estimate of drug-likeness (QED) is 0.0621. The Balaban J connectivity index is 0.913. The van der Waals surface area contributed by atoms with E-state index in [1.165, 1.54) is 18.2 Å². The molecule has 5 amide bonds. The number of methoxy groups -OCH3 is 1. The maximum atomic E-state index is 14.0. The molecule has 6 rings (SSSR count). The average Bonchev–Trinajstić information content (AvgIpc) is 3.93. The highest BCUT2D eigenvalue weighted by Gasteiger charge is 2.44. The van der Waals surface area contributed by atoms with Gasteiger partial charge in [-0.1, -0.05) is 81.5 Å². The number of amides is 5. The molecule has 364 valence electrons.